The van der Waals surface area contributed by atoms with Crippen LogP contribution in [0.3, 0.4) is 0 Å². The van der Waals surface area contributed by atoms with Crippen LogP contribution in [0.5, 0.6) is 0 Å². The van der Waals surface area contributed by atoms with Gasteiger partial charge in [0.1, 0.15) is 5.82 Å². The van der Waals surface area contributed by atoms with Gasteiger partial charge in [-0.25, -0.2) is 4.39 Å². The molecule has 0 saturated heterocycles. The third-order valence-corrected chi connectivity index (χ3v) is 4.16. The molecule has 0 aliphatic heterocycles. The Morgan fingerprint density at radius 2 is 2.14 bits per heavy atom. The van der Waals surface area contributed by atoms with Crippen molar-refractivity contribution in [3.05, 3.63) is 29.6 Å². The van der Waals surface area contributed by atoms with Crippen molar-refractivity contribution in [1.82, 2.24) is 5.32 Å². The maximum Gasteiger partial charge on any atom is 0.129 e. The minimum Gasteiger partial charge on any atom is -0.396 e. The number of nitrogens with zero attached hydrogens (tertiary/aromatic N) is 1. The van der Waals surface area contributed by atoms with Gasteiger partial charge in [0.15, 0.2) is 0 Å². The Balaban J connectivity index is 2.23. The zero-order valence-corrected chi connectivity index (χ0v) is 13.1. The fraction of sp³-hybridized carbons (Fsp3) is 0.647. The topological polar surface area (TPSA) is 35.5 Å². The molecule has 21 heavy (non-hydrogen) atoms. The van der Waals surface area contributed by atoms with Crippen molar-refractivity contribution in [2.75, 3.05) is 18.1 Å². The van der Waals surface area contributed by atoms with Gasteiger partial charge in [-0.05, 0) is 37.8 Å². The molecule has 3 nitrogen and oxygen atoms in total. The van der Waals surface area contributed by atoms with Gasteiger partial charge in [-0.1, -0.05) is 19.9 Å². The molecule has 1 aliphatic carbocycles. The number of benzene rings is 1. The third-order valence-electron chi connectivity index (χ3n) is 4.16. The summed E-state index contributed by atoms with van der Waals surface area (Å²) >= 11 is 0. The molecule has 1 aromatic carbocycles. The van der Waals surface area contributed by atoms with E-state index in [0.717, 1.165) is 24.2 Å². The number of aliphatic hydroxyl groups excluding tert-OH is 1. The van der Waals surface area contributed by atoms with Crippen molar-refractivity contribution in [1.29, 1.82) is 0 Å². The quantitative estimate of drug-likeness (QED) is 0.773. The van der Waals surface area contributed by atoms with E-state index in [0.29, 0.717) is 18.6 Å². The lowest BCUT2D eigenvalue weighted by Crippen LogP contribution is -2.42. The van der Waals surface area contributed by atoms with Gasteiger partial charge >= 0.3 is 0 Å². The first-order valence-electron chi connectivity index (χ1n) is 8.01. The zero-order valence-electron chi connectivity index (χ0n) is 13.1. The SMILES string of the molecule is CC(C)NCc1c(F)cccc1N(CCCO)C1CCC1. The van der Waals surface area contributed by atoms with E-state index in [2.05, 4.69) is 24.1 Å². The van der Waals surface area contributed by atoms with E-state index in [-0.39, 0.29) is 12.4 Å². The van der Waals surface area contributed by atoms with Gasteiger partial charge in [0, 0.05) is 43.0 Å². The Morgan fingerprint density at radius 1 is 1.38 bits per heavy atom. The number of aliphatic hydroxyl groups is 1. The normalized spacial score (nSPS) is 15.3. The molecule has 1 aromatic rings. The smallest absolute Gasteiger partial charge is 0.129 e. The standard InChI is InChI=1S/C17H27FN2O/c1-13(2)19-12-15-16(18)8-4-9-17(15)20(10-5-11-21)14-6-3-7-14/h4,8-9,13-14,19,21H,3,5-7,10-12H2,1-2H3. The molecule has 0 radical (unpaired) electrons. The molecule has 0 bridgehead atoms. The molecule has 118 valence electrons. The van der Waals surface area contributed by atoms with E-state index in [1.807, 2.05) is 6.07 Å². The fourth-order valence-electron chi connectivity index (χ4n) is 2.74. The molecule has 2 rings (SSSR count). The lowest BCUT2D eigenvalue weighted by Gasteiger charge is -2.40. The summed E-state index contributed by atoms with van der Waals surface area (Å²) in [6, 6.07) is 6.15. The van der Waals surface area contributed by atoms with Crippen LogP contribution in [0.2, 0.25) is 0 Å². The second-order valence-electron chi connectivity index (χ2n) is 6.13. The van der Waals surface area contributed by atoms with Crippen molar-refractivity contribution < 1.29 is 9.50 Å². The number of halogens is 1. The molecule has 1 fully saturated rings. The lowest BCUT2D eigenvalue weighted by molar-refractivity contribution is 0.282. The molecule has 1 aliphatic rings. The van der Waals surface area contributed by atoms with Crippen LogP contribution in [0.1, 0.15) is 45.1 Å². The van der Waals surface area contributed by atoms with Crippen LogP contribution in [-0.4, -0.2) is 30.3 Å². The second kappa shape index (κ2) is 7.76. The van der Waals surface area contributed by atoms with E-state index >= 15 is 0 Å². The van der Waals surface area contributed by atoms with E-state index in [4.69, 9.17) is 5.11 Å². The molecule has 0 aromatic heterocycles. The van der Waals surface area contributed by atoms with E-state index in [1.54, 1.807) is 6.07 Å². The number of hydrogen-bond donors (Lipinski definition) is 2. The van der Waals surface area contributed by atoms with Crippen LogP contribution in [-0.2, 0) is 6.54 Å². The molecule has 0 spiro atoms. The molecular formula is C17H27FN2O. The van der Waals surface area contributed by atoms with Gasteiger partial charge in [0.05, 0.1) is 0 Å². The van der Waals surface area contributed by atoms with Gasteiger partial charge < -0.3 is 15.3 Å². The van der Waals surface area contributed by atoms with E-state index in [9.17, 15) is 4.39 Å². The fourth-order valence-corrected chi connectivity index (χ4v) is 2.74. The summed E-state index contributed by atoms with van der Waals surface area (Å²) in [5.41, 5.74) is 1.73. The van der Waals surface area contributed by atoms with E-state index in [1.165, 1.54) is 25.3 Å². The molecular weight excluding hydrogens is 267 g/mol. The monoisotopic (exact) mass is 294 g/mol. The highest BCUT2D eigenvalue weighted by Gasteiger charge is 2.27. The van der Waals surface area contributed by atoms with Gasteiger partial charge in [-0.15, -0.1) is 0 Å². The lowest BCUT2D eigenvalue weighted by atomic mass is 9.90. The van der Waals surface area contributed by atoms with Crippen LogP contribution in [0, 0.1) is 5.82 Å². The Bertz CT molecular complexity index is 446. The summed E-state index contributed by atoms with van der Waals surface area (Å²) in [5.74, 6) is -0.144. The average molecular weight is 294 g/mol. The van der Waals surface area contributed by atoms with Crippen molar-refractivity contribution in [2.24, 2.45) is 0 Å². The maximum atomic E-state index is 14.3. The molecule has 0 heterocycles. The highest BCUT2D eigenvalue weighted by atomic mass is 19.1. The third kappa shape index (κ3) is 4.17. The van der Waals surface area contributed by atoms with Crippen molar-refractivity contribution >= 4 is 5.69 Å². The first-order chi connectivity index (χ1) is 10.1. The Hall–Kier alpha value is -1.13. The van der Waals surface area contributed by atoms with Crippen LogP contribution in [0.25, 0.3) is 0 Å². The van der Waals surface area contributed by atoms with Crippen LogP contribution in [0.15, 0.2) is 18.2 Å². The number of rotatable bonds is 8. The summed E-state index contributed by atoms with van der Waals surface area (Å²) in [6.07, 6.45) is 4.30. The van der Waals surface area contributed by atoms with Crippen molar-refractivity contribution in [2.45, 2.75) is 58.2 Å². The van der Waals surface area contributed by atoms with Crippen molar-refractivity contribution in [3.63, 3.8) is 0 Å². The summed E-state index contributed by atoms with van der Waals surface area (Å²) < 4.78 is 14.3. The molecule has 2 N–H and O–H groups in total. The predicted molar refractivity (Wildman–Crippen MR) is 85.1 cm³/mol. The number of anilines is 1. The summed E-state index contributed by atoms with van der Waals surface area (Å²) in [7, 11) is 0. The van der Waals surface area contributed by atoms with Crippen molar-refractivity contribution in [3.8, 4) is 0 Å². The Morgan fingerprint density at radius 3 is 2.71 bits per heavy atom. The average Bonchev–Trinajstić information content (AvgIpc) is 2.39. The first kappa shape index (κ1) is 16.2. The molecule has 0 amide bonds. The van der Waals surface area contributed by atoms with Gasteiger partial charge in [0.25, 0.3) is 0 Å². The summed E-state index contributed by atoms with van der Waals surface area (Å²) in [4.78, 5) is 2.29. The largest absolute Gasteiger partial charge is 0.396 e. The zero-order chi connectivity index (χ0) is 15.2. The summed E-state index contributed by atoms with van der Waals surface area (Å²) in [6.45, 7) is 5.64. The Labute approximate surface area is 127 Å². The minimum absolute atomic E-state index is 0.144. The maximum absolute atomic E-state index is 14.3. The second-order valence-corrected chi connectivity index (χ2v) is 6.13. The van der Waals surface area contributed by atoms with Crippen LogP contribution < -0.4 is 10.2 Å². The van der Waals surface area contributed by atoms with Gasteiger partial charge in [0.2, 0.25) is 0 Å². The number of hydrogen-bond acceptors (Lipinski definition) is 3. The van der Waals surface area contributed by atoms with Gasteiger partial charge in [-0.2, -0.15) is 0 Å². The predicted octanol–water partition coefficient (Wildman–Crippen LogP) is 3.07. The molecule has 0 atom stereocenters. The Kier molecular flexibility index (Phi) is 6.00. The van der Waals surface area contributed by atoms with Gasteiger partial charge in [-0.3, -0.25) is 0 Å². The first-order valence-corrected chi connectivity index (χ1v) is 8.01. The molecule has 4 heteroatoms. The molecule has 0 unspecified atom stereocenters. The van der Waals surface area contributed by atoms with E-state index < -0.39 is 0 Å². The van der Waals surface area contributed by atoms with Crippen LogP contribution >= 0.6 is 0 Å². The highest BCUT2D eigenvalue weighted by Crippen LogP contribution is 2.32. The summed E-state index contributed by atoms with van der Waals surface area (Å²) in [5, 5.41) is 12.4. The molecule has 1 saturated carbocycles. The highest BCUT2D eigenvalue weighted by molar-refractivity contribution is 5.55. The van der Waals surface area contributed by atoms with Crippen LogP contribution in [0.4, 0.5) is 10.1 Å². The number of nitrogens with one attached hydrogen (secondary N) is 1. The minimum atomic E-state index is -0.144.